The largest absolute Gasteiger partial charge is 0.460 e. The maximum atomic E-state index is 9.06. The van der Waals surface area contributed by atoms with E-state index >= 15 is 0 Å². The van der Waals surface area contributed by atoms with Crippen LogP contribution in [0.1, 0.15) is 12.5 Å². The summed E-state index contributed by atoms with van der Waals surface area (Å²) in [5.41, 5.74) is 1.33. The molecule has 0 amide bonds. The van der Waals surface area contributed by atoms with Crippen LogP contribution in [0.25, 0.3) is 5.57 Å². The first kappa shape index (κ1) is 13.2. The normalized spacial score (nSPS) is 14.3. The lowest BCUT2D eigenvalue weighted by Gasteiger charge is -2.22. The molecule has 0 fully saturated rings. The molecule has 5 heteroatoms. The molecule has 1 aliphatic heterocycles. The van der Waals surface area contributed by atoms with Crippen molar-refractivity contribution in [2.45, 2.75) is 12.2 Å². The predicted molar refractivity (Wildman–Crippen MR) is 74.1 cm³/mol. The molecule has 94 valence electrons. The highest BCUT2D eigenvalue weighted by atomic mass is 32.2. The van der Waals surface area contributed by atoms with Gasteiger partial charge >= 0.3 is 0 Å². The molecule has 2 heterocycles. The van der Waals surface area contributed by atoms with Gasteiger partial charge in [0.1, 0.15) is 29.2 Å². The van der Waals surface area contributed by atoms with Crippen LogP contribution in [0.2, 0.25) is 0 Å². The van der Waals surface area contributed by atoms with E-state index < -0.39 is 0 Å². The van der Waals surface area contributed by atoms with E-state index in [9.17, 15) is 0 Å². The average molecular weight is 269 g/mol. The molecule has 0 saturated heterocycles. The first-order valence-corrected chi connectivity index (χ1v) is 6.91. The van der Waals surface area contributed by atoms with Crippen molar-refractivity contribution in [1.82, 2.24) is 4.98 Å². The average Bonchev–Trinajstić information content (AvgIpc) is 2.47. The molecule has 19 heavy (non-hydrogen) atoms. The van der Waals surface area contributed by atoms with Crippen molar-refractivity contribution in [2.24, 2.45) is 0 Å². The van der Waals surface area contributed by atoms with Crippen molar-refractivity contribution in [3.63, 3.8) is 0 Å². The van der Waals surface area contributed by atoms with Gasteiger partial charge in [-0.05, 0) is 25.3 Å². The second-order valence-electron chi connectivity index (χ2n) is 3.91. The highest BCUT2D eigenvalue weighted by molar-refractivity contribution is 7.99. The summed E-state index contributed by atoms with van der Waals surface area (Å²) in [5, 5.41) is 18.3. The minimum Gasteiger partial charge on any atom is -0.460 e. The number of pyridine rings is 1. The van der Waals surface area contributed by atoms with E-state index in [0.29, 0.717) is 16.9 Å². The molecule has 0 aliphatic carbocycles. The van der Waals surface area contributed by atoms with E-state index in [-0.39, 0.29) is 10.8 Å². The number of hydrogen-bond acceptors (Lipinski definition) is 5. The zero-order valence-electron chi connectivity index (χ0n) is 10.5. The minimum atomic E-state index is 0.0725. The molecule has 1 unspecified atom stereocenters. The van der Waals surface area contributed by atoms with E-state index in [0.717, 1.165) is 5.76 Å². The van der Waals surface area contributed by atoms with E-state index in [1.54, 1.807) is 36.3 Å². The number of rotatable bonds is 2. The summed E-state index contributed by atoms with van der Waals surface area (Å²) in [6, 6.07) is 5.59. The van der Waals surface area contributed by atoms with Gasteiger partial charge in [-0.25, -0.2) is 0 Å². The van der Waals surface area contributed by atoms with E-state index in [4.69, 9.17) is 15.3 Å². The Hall–Kier alpha value is -2.24. The quantitative estimate of drug-likeness (QED) is 0.772. The van der Waals surface area contributed by atoms with Crippen molar-refractivity contribution in [2.75, 3.05) is 6.26 Å². The molecule has 0 saturated carbocycles. The van der Waals surface area contributed by atoms with Crippen molar-refractivity contribution in [3.8, 4) is 17.9 Å². The van der Waals surface area contributed by atoms with Crippen molar-refractivity contribution in [3.05, 3.63) is 41.4 Å². The molecule has 0 bridgehead atoms. The highest BCUT2D eigenvalue weighted by Gasteiger charge is 2.22. The molecular weight excluding hydrogens is 258 g/mol. The lowest BCUT2D eigenvalue weighted by Crippen LogP contribution is -2.13. The third-order valence-corrected chi connectivity index (χ3v) is 3.77. The number of nitriles is 2. The maximum absolute atomic E-state index is 9.06. The third kappa shape index (κ3) is 2.47. The van der Waals surface area contributed by atoms with Crippen LogP contribution in [-0.4, -0.2) is 16.5 Å². The summed E-state index contributed by atoms with van der Waals surface area (Å²) < 4.78 is 5.80. The lowest BCUT2D eigenvalue weighted by molar-refractivity contribution is 0.407. The fraction of sp³-hybridized carbons (Fsp3) is 0.214. The summed E-state index contributed by atoms with van der Waals surface area (Å²) in [6.45, 7) is 2.01. The summed E-state index contributed by atoms with van der Waals surface area (Å²) in [5.74, 6) is 1.37. The fourth-order valence-electron chi connectivity index (χ4n) is 1.72. The Labute approximate surface area is 116 Å². The van der Waals surface area contributed by atoms with Gasteiger partial charge in [-0.3, -0.25) is 4.98 Å². The molecule has 1 aliphatic rings. The molecule has 0 spiro atoms. The number of thioether (sulfide) groups is 1. The van der Waals surface area contributed by atoms with E-state index in [2.05, 4.69) is 4.98 Å². The Balaban J connectivity index is 2.64. The standard InChI is InChI=1S/C14H11N3OS/c1-9(19-2)14-5-11(10(6-15)7-16)12-8-17-4-3-13(12)18-14/h3-5,8-9H,1-2H3. The number of nitrogens with zero attached hydrogens (tertiary/aromatic N) is 3. The molecule has 2 rings (SSSR count). The molecule has 1 aromatic heterocycles. The van der Waals surface area contributed by atoms with Gasteiger partial charge in [-0.15, -0.1) is 0 Å². The second-order valence-corrected chi connectivity index (χ2v) is 5.09. The van der Waals surface area contributed by atoms with Crippen LogP contribution in [0.3, 0.4) is 0 Å². The minimum absolute atomic E-state index is 0.0725. The highest BCUT2D eigenvalue weighted by Crippen LogP contribution is 2.36. The Morgan fingerprint density at radius 2 is 2.16 bits per heavy atom. The number of ether oxygens (including phenoxy) is 1. The van der Waals surface area contributed by atoms with Gasteiger partial charge < -0.3 is 4.74 Å². The zero-order valence-corrected chi connectivity index (χ0v) is 11.4. The van der Waals surface area contributed by atoms with Crippen molar-refractivity contribution >= 4 is 17.3 Å². The molecule has 4 nitrogen and oxygen atoms in total. The summed E-state index contributed by atoms with van der Waals surface area (Å²) in [4.78, 5) is 4.02. The van der Waals surface area contributed by atoms with Crippen LogP contribution in [0, 0.1) is 22.7 Å². The van der Waals surface area contributed by atoms with E-state index in [1.165, 1.54) is 0 Å². The molecule has 1 atom stereocenters. The van der Waals surface area contributed by atoms with Crippen LogP contribution in [0.5, 0.6) is 5.75 Å². The van der Waals surface area contributed by atoms with Crippen molar-refractivity contribution < 1.29 is 4.74 Å². The van der Waals surface area contributed by atoms with Gasteiger partial charge in [0.2, 0.25) is 0 Å². The Morgan fingerprint density at radius 3 is 2.79 bits per heavy atom. The maximum Gasteiger partial charge on any atom is 0.137 e. The molecule has 0 radical (unpaired) electrons. The fourth-order valence-corrected chi connectivity index (χ4v) is 2.07. The lowest BCUT2D eigenvalue weighted by atomic mass is 9.98. The predicted octanol–water partition coefficient (Wildman–Crippen LogP) is 2.91. The van der Waals surface area contributed by atoms with Gasteiger partial charge in [0, 0.05) is 23.5 Å². The third-order valence-electron chi connectivity index (χ3n) is 2.83. The van der Waals surface area contributed by atoms with Gasteiger partial charge in [0.25, 0.3) is 0 Å². The zero-order chi connectivity index (χ0) is 13.8. The monoisotopic (exact) mass is 269 g/mol. The first-order chi connectivity index (χ1) is 9.21. The number of hydrogen-bond donors (Lipinski definition) is 0. The molecule has 0 aromatic carbocycles. The van der Waals surface area contributed by atoms with Gasteiger partial charge in [-0.1, -0.05) is 0 Å². The molecule has 0 N–H and O–H groups in total. The smallest absolute Gasteiger partial charge is 0.137 e. The summed E-state index contributed by atoms with van der Waals surface area (Å²) in [6.07, 6.45) is 6.97. The van der Waals surface area contributed by atoms with Gasteiger partial charge in [-0.2, -0.15) is 22.3 Å². The second kappa shape index (κ2) is 5.60. The summed E-state index contributed by atoms with van der Waals surface area (Å²) >= 11 is 1.64. The van der Waals surface area contributed by atoms with E-state index in [1.807, 2.05) is 25.3 Å². The Kier molecular flexibility index (Phi) is 3.89. The van der Waals surface area contributed by atoms with Gasteiger partial charge in [0.05, 0.1) is 5.25 Å². The van der Waals surface area contributed by atoms with Gasteiger partial charge in [0.15, 0.2) is 0 Å². The topological polar surface area (TPSA) is 69.7 Å². The Bertz CT molecular complexity index is 633. The van der Waals surface area contributed by atoms with Crippen LogP contribution in [0.15, 0.2) is 35.9 Å². The Morgan fingerprint density at radius 1 is 1.42 bits per heavy atom. The van der Waals surface area contributed by atoms with Crippen LogP contribution >= 0.6 is 11.8 Å². The summed E-state index contributed by atoms with van der Waals surface area (Å²) in [7, 11) is 0. The SMILES string of the molecule is CSC(C)C1=CC(=C(C#N)C#N)c2cnccc2O1. The van der Waals surface area contributed by atoms with Crippen molar-refractivity contribution in [1.29, 1.82) is 10.5 Å². The van der Waals surface area contributed by atoms with Crippen LogP contribution < -0.4 is 4.74 Å². The first-order valence-electron chi connectivity index (χ1n) is 5.62. The number of fused-ring (bicyclic) bond motifs is 1. The number of aromatic nitrogens is 1. The molecule has 1 aromatic rings. The van der Waals surface area contributed by atoms with Crippen LogP contribution in [0.4, 0.5) is 0 Å². The molecular formula is C14H11N3OS. The number of allylic oxidation sites excluding steroid dienone is 3. The van der Waals surface area contributed by atoms with Crippen LogP contribution in [-0.2, 0) is 0 Å².